The number of carbonyl (C=O) groups excluding carboxylic acids is 2. The van der Waals surface area contributed by atoms with Crippen molar-refractivity contribution >= 4 is 35.0 Å². The third-order valence-corrected chi connectivity index (χ3v) is 5.02. The number of amides is 2. The maximum atomic E-state index is 12.2. The largest absolute Gasteiger partial charge is 0.348 e. The molecule has 23 heavy (non-hydrogen) atoms. The van der Waals surface area contributed by atoms with Gasteiger partial charge in [0.15, 0.2) is 0 Å². The number of rotatable bonds is 5. The van der Waals surface area contributed by atoms with Crippen LogP contribution in [0.5, 0.6) is 0 Å². The molecule has 4 nitrogen and oxygen atoms in total. The smallest absolute Gasteiger partial charge is 0.242 e. The Bertz CT molecular complexity index is 586. The van der Waals surface area contributed by atoms with Gasteiger partial charge in [-0.15, -0.1) is 0 Å². The first-order valence-electron chi connectivity index (χ1n) is 7.94. The van der Waals surface area contributed by atoms with Crippen molar-refractivity contribution in [2.24, 2.45) is 5.92 Å². The van der Waals surface area contributed by atoms with Crippen molar-refractivity contribution in [3.63, 3.8) is 0 Å². The van der Waals surface area contributed by atoms with Crippen molar-refractivity contribution in [2.45, 2.75) is 51.6 Å². The summed E-state index contributed by atoms with van der Waals surface area (Å²) in [5.74, 6) is -0.181. The number of benzene rings is 1. The predicted molar refractivity (Wildman–Crippen MR) is 92.6 cm³/mol. The van der Waals surface area contributed by atoms with E-state index in [0.29, 0.717) is 10.0 Å². The Morgan fingerprint density at radius 1 is 1.09 bits per heavy atom. The third kappa shape index (κ3) is 4.85. The predicted octanol–water partition coefficient (Wildman–Crippen LogP) is 3.87. The van der Waals surface area contributed by atoms with E-state index in [4.69, 9.17) is 23.2 Å². The zero-order chi connectivity index (χ0) is 17.0. The molecular weight excluding hydrogens is 335 g/mol. The van der Waals surface area contributed by atoms with E-state index in [2.05, 4.69) is 10.6 Å². The summed E-state index contributed by atoms with van der Waals surface area (Å²) in [6.45, 7) is 3.56. The summed E-state index contributed by atoms with van der Waals surface area (Å²) < 4.78 is 0. The fourth-order valence-corrected chi connectivity index (χ4v) is 3.09. The molecule has 2 amide bonds. The van der Waals surface area contributed by atoms with Crippen LogP contribution in [0.1, 0.15) is 51.1 Å². The van der Waals surface area contributed by atoms with Gasteiger partial charge >= 0.3 is 0 Å². The third-order valence-electron chi connectivity index (χ3n) is 4.28. The molecule has 2 atom stereocenters. The number of halogens is 2. The standard InChI is InChI=1S/C17H22Cl2N2O2/c1-10(13-7-8-14(18)15(19)9-13)20-16(22)11(2)21-17(23)12-5-3-4-6-12/h7-12H,3-6H2,1-2H3,(H,20,22)(H,21,23)/t10-,11-/m0/s1. The average molecular weight is 357 g/mol. The number of nitrogens with one attached hydrogen (secondary N) is 2. The lowest BCUT2D eigenvalue weighted by Crippen LogP contribution is -2.47. The van der Waals surface area contributed by atoms with E-state index in [-0.39, 0.29) is 23.8 Å². The van der Waals surface area contributed by atoms with Crippen LogP contribution in [0.4, 0.5) is 0 Å². The van der Waals surface area contributed by atoms with Gasteiger partial charge in [-0.2, -0.15) is 0 Å². The van der Waals surface area contributed by atoms with Crippen molar-refractivity contribution in [3.05, 3.63) is 33.8 Å². The zero-order valence-corrected chi connectivity index (χ0v) is 14.9. The molecule has 0 aromatic heterocycles. The van der Waals surface area contributed by atoms with E-state index in [9.17, 15) is 9.59 Å². The number of carbonyl (C=O) groups is 2. The first-order chi connectivity index (χ1) is 10.9. The lowest BCUT2D eigenvalue weighted by molar-refractivity contribution is -0.131. The van der Waals surface area contributed by atoms with Gasteiger partial charge in [-0.1, -0.05) is 42.1 Å². The van der Waals surface area contributed by atoms with Crippen LogP contribution >= 0.6 is 23.2 Å². The lowest BCUT2D eigenvalue weighted by atomic mass is 10.1. The highest BCUT2D eigenvalue weighted by Crippen LogP contribution is 2.26. The SMILES string of the molecule is C[C@H](NC(=O)C1CCCC1)C(=O)N[C@@H](C)c1ccc(Cl)c(Cl)c1. The maximum absolute atomic E-state index is 12.2. The van der Waals surface area contributed by atoms with Crippen molar-refractivity contribution < 1.29 is 9.59 Å². The van der Waals surface area contributed by atoms with E-state index in [0.717, 1.165) is 31.2 Å². The van der Waals surface area contributed by atoms with Gasteiger partial charge in [0.05, 0.1) is 16.1 Å². The molecular formula is C17H22Cl2N2O2. The van der Waals surface area contributed by atoms with E-state index < -0.39 is 6.04 Å². The van der Waals surface area contributed by atoms with Crippen LogP contribution in [0.3, 0.4) is 0 Å². The van der Waals surface area contributed by atoms with Gasteiger partial charge < -0.3 is 10.6 Å². The minimum atomic E-state index is -0.562. The first kappa shape index (κ1) is 18.1. The number of hydrogen-bond donors (Lipinski definition) is 2. The van der Waals surface area contributed by atoms with Crippen LogP contribution in [-0.2, 0) is 9.59 Å². The summed E-state index contributed by atoms with van der Waals surface area (Å²) in [5, 5.41) is 6.61. The Balaban J connectivity index is 1.89. The van der Waals surface area contributed by atoms with Crippen LogP contribution in [0.25, 0.3) is 0 Å². The topological polar surface area (TPSA) is 58.2 Å². The zero-order valence-electron chi connectivity index (χ0n) is 13.4. The van der Waals surface area contributed by atoms with Gasteiger partial charge in [0.1, 0.15) is 6.04 Å². The van der Waals surface area contributed by atoms with E-state index in [1.807, 2.05) is 13.0 Å². The molecule has 0 unspecified atom stereocenters. The highest BCUT2D eigenvalue weighted by atomic mass is 35.5. The Hall–Kier alpha value is -1.26. The molecule has 0 bridgehead atoms. The van der Waals surface area contributed by atoms with Gasteiger partial charge in [-0.05, 0) is 44.4 Å². The molecule has 2 rings (SSSR count). The van der Waals surface area contributed by atoms with Crippen LogP contribution in [-0.4, -0.2) is 17.9 Å². The Labute approximate surface area is 146 Å². The summed E-state index contributed by atoms with van der Waals surface area (Å²) >= 11 is 11.9. The molecule has 1 aliphatic carbocycles. The van der Waals surface area contributed by atoms with Gasteiger partial charge in [0, 0.05) is 5.92 Å². The summed E-state index contributed by atoms with van der Waals surface area (Å²) in [7, 11) is 0. The van der Waals surface area contributed by atoms with Gasteiger partial charge in [0.25, 0.3) is 0 Å². The molecule has 6 heteroatoms. The lowest BCUT2D eigenvalue weighted by Gasteiger charge is -2.20. The van der Waals surface area contributed by atoms with Gasteiger partial charge in [-0.25, -0.2) is 0 Å². The minimum absolute atomic E-state index is 0.0210. The van der Waals surface area contributed by atoms with Crippen molar-refractivity contribution in [1.29, 1.82) is 0 Å². The van der Waals surface area contributed by atoms with Gasteiger partial charge in [-0.3, -0.25) is 9.59 Å². The van der Waals surface area contributed by atoms with Crippen molar-refractivity contribution in [3.8, 4) is 0 Å². The quantitative estimate of drug-likeness (QED) is 0.841. The number of hydrogen-bond acceptors (Lipinski definition) is 2. The fraction of sp³-hybridized carbons (Fsp3) is 0.529. The molecule has 0 aliphatic heterocycles. The van der Waals surface area contributed by atoms with Crippen LogP contribution < -0.4 is 10.6 Å². The Morgan fingerprint density at radius 3 is 2.35 bits per heavy atom. The van der Waals surface area contributed by atoms with E-state index in [1.165, 1.54) is 0 Å². The molecule has 0 saturated heterocycles. The van der Waals surface area contributed by atoms with E-state index in [1.54, 1.807) is 19.1 Å². The van der Waals surface area contributed by atoms with Crippen molar-refractivity contribution in [2.75, 3.05) is 0 Å². The van der Waals surface area contributed by atoms with Crippen LogP contribution in [0.15, 0.2) is 18.2 Å². The molecule has 1 fully saturated rings. The van der Waals surface area contributed by atoms with Gasteiger partial charge in [0.2, 0.25) is 11.8 Å². The minimum Gasteiger partial charge on any atom is -0.348 e. The highest BCUT2D eigenvalue weighted by Gasteiger charge is 2.26. The molecule has 2 N–H and O–H groups in total. The summed E-state index contributed by atoms with van der Waals surface area (Å²) in [5.41, 5.74) is 0.863. The molecule has 0 spiro atoms. The fourth-order valence-electron chi connectivity index (χ4n) is 2.79. The molecule has 1 aromatic carbocycles. The molecule has 1 saturated carbocycles. The second-order valence-electron chi connectivity index (χ2n) is 6.12. The average Bonchev–Trinajstić information content (AvgIpc) is 3.04. The molecule has 1 aliphatic rings. The summed E-state index contributed by atoms with van der Waals surface area (Å²) in [4.78, 5) is 24.3. The summed E-state index contributed by atoms with van der Waals surface area (Å²) in [6.07, 6.45) is 4.01. The maximum Gasteiger partial charge on any atom is 0.242 e. The van der Waals surface area contributed by atoms with Crippen LogP contribution in [0, 0.1) is 5.92 Å². The highest BCUT2D eigenvalue weighted by molar-refractivity contribution is 6.42. The Kier molecular flexibility index (Phi) is 6.31. The monoisotopic (exact) mass is 356 g/mol. The second kappa shape index (κ2) is 8.02. The van der Waals surface area contributed by atoms with Crippen molar-refractivity contribution in [1.82, 2.24) is 10.6 Å². The molecule has 1 aromatic rings. The molecule has 0 heterocycles. The Morgan fingerprint density at radius 2 is 1.74 bits per heavy atom. The second-order valence-corrected chi connectivity index (χ2v) is 6.93. The molecule has 0 radical (unpaired) electrons. The van der Waals surface area contributed by atoms with E-state index >= 15 is 0 Å². The van der Waals surface area contributed by atoms with Crippen LogP contribution in [0.2, 0.25) is 10.0 Å². The normalized spacial score (nSPS) is 17.6. The summed E-state index contributed by atoms with van der Waals surface area (Å²) in [6, 6.07) is 4.47. The molecule has 126 valence electrons. The first-order valence-corrected chi connectivity index (χ1v) is 8.69.